The van der Waals surface area contributed by atoms with Crippen LogP contribution in [0.15, 0.2) is 23.1 Å². The van der Waals surface area contributed by atoms with E-state index >= 15 is 0 Å². The molecule has 0 heterocycles. The van der Waals surface area contributed by atoms with Crippen molar-refractivity contribution in [1.82, 2.24) is 0 Å². The van der Waals surface area contributed by atoms with Crippen LogP contribution in [0.5, 0.6) is 0 Å². The fraction of sp³-hybridized carbons (Fsp3) is 0.222. The largest absolute Gasteiger partial charge is 0.233 e. The maximum atomic E-state index is 12.8. The van der Waals surface area contributed by atoms with Gasteiger partial charge >= 0.3 is 0 Å². The second-order valence-corrected chi connectivity index (χ2v) is 8.29. The van der Waals surface area contributed by atoms with E-state index in [0.717, 1.165) is 18.2 Å². The van der Waals surface area contributed by atoms with Crippen molar-refractivity contribution >= 4 is 29.6 Å². The number of hydrogen-bond donors (Lipinski definition) is 0. The van der Waals surface area contributed by atoms with Crippen molar-refractivity contribution in [2.24, 2.45) is 0 Å². The highest BCUT2D eigenvalue weighted by Crippen LogP contribution is 2.18. The molecule has 18 heavy (non-hydrogen) atoms. The Hall–Kier alpha value is -1.17. The maximum absolute atomic E-state index is 12.8. The third-order valence-electron chi connectivity index (χ3n) is 1.99. The first kappa shape index (κ1) is 14.9. The van der Waals surface area contributed by atoms with E-state index in [0.29, 0.717) is 0 Å². The third-order valence-corrected chi connectivity index (χ3v) is 5.17. The van der Waals surface area contributed by atoms with Crippen LogP contribution in [0.1, 0.15) is 5.56 Å². The van der Waals surface area contributed by atoms with Crippen LogP contribution in [0.4, 0.5) is 4.39 Å². The summed E-state index contributed by atoms with van der Waals surface area (Å²) in [6.45, 7) is 0. The molecule has 0 spiro atoms. The number of halogens is 2. The molecule has 98 valence electrons. The van der Waals surface area contributed by atoms with Crippen LogP contribution in [0.25, 0.3) is 0 Å². The number of benzene rings is 1. The molecule has 5 nitrogen and oxygen atoms in total. The third kappa shape index (κ3) is 3.94. The second kappa shape index (κ2) is 5.22. The van der Waals surface area contributed by atoms with Crippen LogP contribution in [-0.4, -0.2) is 28.3 Å². The standard InChI is InChI=1S/C9H7ClFNO4S2/c10-18(15,16)4-3-17(13,14)9-2-1-8(11)5-7(9)6-12/h1-2,5H,3-4H2. The van der Waals surface area contributed by atoms with Gasteiger partial charge in [-0.05, 0) is 18.2 Å². The van der Waals surface area contributed by atoms with Crippen LogP contribution in [0.3, 0.4) is 0 Å². The second-order valence-electron chi connectivity index (χ2n) is 3.31. The molecular formula is C9H7ClFNO4S2. The van der Waals surface area contributed by atoms with Gasteiger partial charge in [0.15, 0.2) is 9.84 Å². The summed E-state index contributed by atoms with van der Waals surface area (Å²) in [5, 5.41) is 8.71. The van der Waals surface area contributed by atoms with Gasteiger partial charge in [0.05, 0.1) is 22.0 Å². The predicted molar refractivity (Wildman–Crippen MR) is 62.8 cm³/mol. The fourth-order valence-corrected chi connectivity index (χ4v) is 4.36. The lowest BCUT2D eigenvalue weighted by molar-refractivity contribution is 0.591. The SMILES string of the molecule is N#Cc1cc(F)ccc1S(=O)(=O)CCS(=O)(=O)Cl. The van der Waals surface area contributed by atoms with Crippen molar-refractivity contribution in [1.29, 1.82) is 5.26 Å². The smallest absolute Gasteiger partial charge is 0.224 e. The van der Waals surface area contributed by atoms with Gasteiger partial charge in [0.2, 0.25) is 9.05 Å². The fourth-order valence-electron chi connectivity index (χ4n) is 1.18. The van der Waals surface area contributed by atoms with Crippen molar-refractivity contribution in [3.63, 3.8) is 0 Å². The van der Waals surface area contributed by atoms with Crippen LogP contribution >= 0.6 is 10.7 Å². The van der Waals surface area contributed by atoms with E-state index in [4.69, 9.17) is 15.9 Å². The Kier molecular flexibility index (Phi) is 4.32. The van der Waals surface area contributed by atoms with Gasteiger partial charge in [0, 0.05) is 10.7 Å². The summed E-state index contributed by atoms with van der Waals surface area (Å²) >= 11 is 0. The lowest BCUT2D eigenvalue weighted by Crippen LogP contribution is -2.15. The molecular weight excluding hydrogens is 305 g/mol. The van der Waals surface area contributed by atoms with Crippen molar-refractivity contribution in [3.8, 4) is 6.07 Å². The maximum Gasteiger partial charge on any atom is 0.233 e. The van der Waals surface area contributed by atoms with Gasteiger partial charge in [-0.3, -0.25) is 0 Å². The zero-order chi connectivity index (χ0) is 14.0. The molecule has 0 fully saturated rings. The molecule has 0 aliphatic heterocycles. The first-order valence-corrected chi connectivity index (χ1v) is 8.63. The Morgan fingerprint density at radius 1 is 1.22 bits per heavy atom. The molecule has 0 bridgehead atoms. The molecule has 0 aromatic heterocycles. The Labute approximate surface area is 108 Å². The van der Waals surface area contributed by atoms with Gasteiger partial charge in [0.25, 0.3) is 0 Å². The highest BCUT2D eigenvalue weighted by atomic mass is 35.7. The molecule has 0 aliphatic rings. The molecule has 0 unspecified atom stereocenters. The lowest BCUT2D eigenvalue weighted by Gasteiger charge is -2.05. The van der Waals surface area contributed by atoms with Crippen LogP contribution in [0, 0.1) is 17.1 Å². The average molecular weight is 312 g/mol. The van der Waals surface area contributed by atoms with Crippen molar-refractivity contribution in [2.45, 2.75) is 4.90 Å². The zero-order valence-electron chi connectivity index (χ0n) is 8.80. The average Bonchev–Trinajstić information content (AvgIpc) is 2.25. The number of nitriles is 1. The highest BCUT2D eigenvalue weighted by Gasteiger charge is 2.22. The Balaban J connectivity index is 3.18. The summed E-state index contributed by atoms with van der Waals surface area (Å²) in [4.78, 5) is -0.410. The van der Waals surface area contributed by atoms with E-state index in [2.05, 4.69) is 0 Å². The molecule has 0 atom stereocenters. The number of nitrogens with zero attached hydrogens (tertiary/aromatic N) is 1. The van der Waals surface area contributed by atoms with E-state index in [1.54, 1.807) is 0 Å². The minimum absolute atomic E-state index is 0.373. The summed E-state index contributed by atoms with van der Waals surface area (Å²) in [5.41, 5.74) is -0.373. The van der Waals surface area contributed by atoms with Crippen molar-refractivity contribution < 1.29 is 21.2 Å². The highest BCUT2D eigenvalue weighted by molar-refractivity contribution is 8.14. The Morgan fingerprint density at radius 2 is 1.83 bits per heavy atom. The molecule has 0 radical (unpaired) electrons. The molecule has 1 aromatic rings. The summed E-state index contributed by atoms with van der Waals surface area (Å²) in [6.07, 6.45) is 0. The quantitative estimate of drug-likeness (QED) is 0.612. The van der Waals surface area contributed by atoms with Gasteiger partial charge in [0.1, 0.15) is 11.9 Å². The molecule has 0 amide bonds. The topological polar surface area (TPSA) is 92.1 Å². The normalized spacial score (nSPS) is 12.1. The summed E-state index contributed by atoms with van der Waals surface area (Å²) in [7, 11) is -3.05. The van der Waals surface area contributed by atoms with Crippen LogP contribution in [0.2, 0.25) is 0 Å². The molecule has 0 aliphatic carbocycles. The van der Waals surface area contributed by atoms with E-state index < -0.39 is 41.1 Å². The van der Waals surface area contributed by atoms with Gasteiger partial charge in [-0.1, -0.05) is 0 Å². The molecule has 0 N–H and O–H groups in total. The molecule has 0 saturated carbocycles. The molecule has 9 heteroatoms. The molecule has 0 saturated heterocycles. The molecule has 1 aromatic carbocycles. The summed E-state index contributed by atoms with van der Waals surface area (Å²) in [5.74, 6) is -2.30. The number of rotatable bonds is 4. The predicted octanol–water partition coefficient (Wildman–Crippen LogP) is 1.04. The lowest BCUT2D eigenvalue weighted by atomic mass is 10.2. The van der Waals surface area contributed by atoms with E-state index in [1.807, 2.05) is 0 Å². The molecule has 1 rings (SSSR count). The summed E-state index contributed by atoms with van der Waals surface area (Å²) < 4.78 is 57.8. The van der Waals surface area contributed by atoms with Gasteiger partial charge in [-0.15, -0.1) is 0 Å². The monoisotopic (exact) mass is 311 g/mol. The van der Waals surface area contributed by atoms with E-state index in [1.165, 1.54) is 6.07 Å². The summed E-state index contributed by atoms with van der Waals surface area (Å²) in [6, 6.07) is 4.10. The zero-order valence-corrected chi connectivity index (χ0v) is 11.2. The Bertz CT molecular complexity index is 707. The van der Waals surface area contributed by atoms with Crippen LogP contribution in [-0.2, 0) is 18.9 Å². The van der Waals surface area contributed by atoms with Crippen LogP contribution < -0.4 is 0 Å². The van der Waals surface area contributed by atoms with E-state index in [9.17, 15) is 21.2 Å². The van der Waals surface area contributed by atoms with Crippen molar-refractivity contribution in [3.05, 3.63) is 29.6 Å². The Morgan fingerprint density at radius 3 is 2.33 bits per heavy atom. The van der Waals surface area contributed by atoms with Gasteiger partial charge in [-0.25, -0.2) is 21.2 Å². The first-order valence-electron chi connectivity index (χ1n) is 4.50. The first-order chi connectivity index (χ1) is 8.15. The number of hydrogen-bond acceptors (Lipinski definition) is 5. The van der Waals surface area contributed by atoms with E-state index in [-0.39, 0.29) is 5.56 Å². The minimum atomic E-state index is -4.01. The number of sulfone groups is 1. The van der Waals surface area contributed by atoms with Gasteiger partial charge < -0.3 is 0 Å². The van der Waals surface area contributed by atoms with Gasteiger partial charge in [-0.2, -0.15) is 5.26 Å². The minimum Gasteiger partial charge on any atom is -0.224 e. The van der Waals surface area contributed by atoms with Crippen molar-refractivity contribution in [2.75, 3.05) is 11.5 Å².